The van der Waals surface area contributed by atoms with E-state index in [1.165, 1.54) is 21.8 Å². The van der Waals surface area contributed by atoms with Gasteiger partial charge in [0.25, 0.3) is 17.4 Å². The topological polar surface area (TPSA) is 140 Å². The highest BCUT2D eigenvalue weighted by Crippen LogP contribution is 2.38. The van der Waals surface area contributed by atoms with Crippen molar-refractivity contribution in [2.45, 2.75) is 51.9 Å². The van der Waals surface area contributed by atoms with Crippen LogP contribution in [0, 0.1) is 11.3 Å². The van der Waals surface area contributed by atoms with E-state index in [1.54, 1.807) is 36.5 Å². The van der Waals surface area contributed by atoms with Crippen LogP contribution in [0.4, 0.5) is 5.00 Å². The zero-order valence-corrected chi connectivity index (χ0v) is 23.8. The number of pyridine rings is 1. The quantitative estimate of drug-likeness (QED) is 0.237. The number of fused-ring (bicyclic) bond motifs is 2. The number of benzene rings is 1. The standard InChI is InChI=1S/C31H29N5O4S/c1-31(2,3)19-11-13-20(14-12-19)40-28-22(30(39)36-15-7-6-10-24(36)34-28)16-18(17-32)27(38)35-29-25(26(33)37)21-8-4-5-9-23(21)41-29/h6-7,10-16H,4-5,8-9H2,1-3H3,(H2,33,37)(H,35,38)/b18-16+. The van der Waals surface area contributed by atoms with Gasteiger partial charge in [0.15, 0.2) is 0 Å². The minimum atomic E-state index is -0.772. The lowest BCUT2D eigenvalue weighted by atomic mass is 9.87. The molecule has 0 radical (unpaired) electrons. The lowest BCUT2D eigenvalue weighted by Crippen LogP contribution is -2.21. The molecule has 0 saturated carbocycles. The minimum Gasteiger partial charge on any atom is -0.438 e. The first kappa shape index (κ1) is 27.8. The number of carbonyl (C=O) groups is 2. The number of anilines is 1. The number of nitrogens with zero attached hydrogens (tertiary/aromatic N) is 3. The molecule has 3 aromatic heterocycles. The second-order valence-electron chi connectivity index (χ2n) is 10.8. The van der Waals surface area contributed by atoms with Crippen molar-refractivity contribution < 1.29 is 14.3 Å². The normalized spacial score (nSPS) is 13.4. The van der Waals surface area contributed by atoms with Crippen LogP contribution in [0.5, 0.6) is 11.6 Å². The Bertz CT molecular complexity index is 1800. The van der Waals surface area contributed by atoms with Gasteiger partial charge >= 0.3 is 0 Å². The van der Waals surface area contributed by atoms with Gasteiger partial charge in [-0.15, -0.1) is 11.3 Å². The highest BCUT2D eigenvalue weighted by molar-refractivity contribution is 7.17. The summed E-state index contributed by atoms with van der Waals surface area (Å²) in [4.78, 5) is 44.6. The summed E-state index contributed by atoms with van der Waals surface area (Å²) in [6.45, 7) is 6.30. The molecule has 2 amide bonds. The van der Waals surface area contributed by atoms with E-state index >= 15 is 0 Å². The summed E-state index contributed by atoms with van der Waals surface area (Å²) in [6, 6.07) is 14.4. The van der Waals surface area contributed by atoms with Crippen LogP contribution in [0.25, 0.3) is 11.7 Å². The Labute approximate surface area is 240 Å². The van der Waals surface area contributed by atoms with Gasteiger partial charge in [-0.3, -0.25) is 18.8 Å². The summed E-state index contributed by atoms with van der Waals surface area (Å²) in [6.07, 6.45) is 6.14. The van der Waals surface area contributed by atoms with Crippen molar-refractivity contribution in [2.75, 3.05) is 5.32 Å². The van der Waals surface area contributed by atoms with Gasteiger partial charge in [-0.2, -0.15) is 10.2 Å². The first-order valence-corrected chi connectivity index (χ1v) is 14.1. The fourth-order valence-electron chi connectivity index (χ4n) is 4.80. The number of hydrogen-bond donors (Lipinski definition) is 2. The van der Waals surface area contributed by atoms with Gasteiger partial charge in [0.2, 0.25) is 5.88 Å². The van der Waals surface area contributed by atoms with Gasteiger partial charge in [0, 0.05) is 11.1 Å². The first-order chi connectivity index (χ1) is 19.6. The third kappa shape index (κ3) is 5.62. The zero-order valence-electron chi connectivity index (χ0n) is 23.0. The number of nitrogens with two attached hydrogens (primary N) is 1. The Balaban J connectivity index is 1.55. The number of thiophene rings is 1. The highest BCUT2D eigenvalue weighted by atomic mass is 32.1. The maximum atomic E-state index is 13.5. The Kier molecular flexibility index (Phi) is 7.47. The third-order valence-corrected chi connectivity index (χ3v) is 8.17. The summed E-state index contributed by atoms with van der Waals surface area (Å²) in [5.41, 5.74) is 7.25. The smallest absolute Gasteiger partial charge is 0.269 e. The molecule has 0 saturated heterocycles. The number of carbonyl (C=O) groups excluding carboxylic acids is 2. The number of nitrogens with one attached hydrogen (secondary N) is 1. The Hall–Kier alpha value is -4.75. The second kappa shape index (κ2) is 11.0. The first-order valence-electron chi connectivity index (χ1n) is 13.2. The number of rotatable bonds is 6. The molecule has 0 aliphatic heterocycles. The molecule has 3 N–H and O–H groups in total. The van der Waals surface area contributed by atoms with Crippen LogP contribution >= 0.6 is 11.3 Å². The number of hydrogen-bond acceptors (Lipinski definition) is 7. The fraction of sp³-hybridized carbons (Fsp3) is 0.258. The molecule has 1 aliphatic rings. The molecule has 0 bridgehead atoms. The maximum Gasteiger partial charge on any atom is 0.269 e. The molecule has 3 heterocycles. The van der Waals surface area contributed by atoms with E-state index in [4.69, 9.17) is 10.5 Å². The average molecular weight is 568 g/mol. The molecular formula is C31H29N5O4S. The number of amides is 2. The molecule has 9 nitrogen and oxygen atoms in total. The van der Waals surface area contributed by atoms with E-state index in [0.717, 1.165) is 35.3 Å². The Morgan fingerprint density at radius 2 is 1.88 bits per heavy atom. The fourth-order valence-corrected chi connectivity index (χ4v) is 6.09. The Morgan fingerprint density at radius 1 is 1.15 bits per heavy atom. The van der Waals surface area contributed by atoms with E-state index < -0.39 is 17.4 Å². The SMILES string of the molecule is CC(C)(C)c1ccc(Oc2nc3ccccn3c(=O)c2/C=C(\C#N)C(=O)Nc2sc3c(c2C(N)=O)CCCC3)cc1. The monoisotopic (exact) mass is 567 g/mol. The number of aryl methyl sites for hydroxylation is 1. The average Bonchev–Trinajstić information content (AvgIpc) is 3.31. The van der Waals surface area contributed by atoms with Crippen molar-refractivity contribution in [2.24, 2.45) is 5.73 Å². The summed E-state index contributed by atoms with van der Waals surface area (Å²) in [7, 11) is 0. The van der Waals surface area contributed by atoms with E-state index in [1.807, 2.05) is 18.2 Å². The van der Waals surface area contributed by atoms with Gasteiger partial charge in [0.1, 0.15) is 33.6 Å². The van der Waals surface area contributed by atoms with Gasteiger partial charge in [-0.1, -0.05) is 39.0 Å². The van der Waals surface area contributed by atoms with Crippen LogP contribution in [-0.2, 0) is 23.1 Å². The molecule has 1 aliphatic carbocycles. The van der Waals surface area contributed by atoms with Gasteiger partial charge in [0.05, 0.1) is 5.56 Å². The second-order valence-corrected chi connectivity index (χ2v) is 11.9. The molecule has 0 atom stereocenters. The molecule has 0 fully saturated rings. The number of primary amides is 1. The summed E-state index contributed by atoms with van der Waals surface area (Å²) >= 11 is 1.29. The van der Waals surface area contributed by atoms with Crippen LogP contribution in [0.1, 0.15) is 65.5 Å². The maximum absolute atomic E-state index is 13.5. The van der Waals surface area contributed by atoms with Crippen molar-refractivity contribution in [3.8, 4) is 17.7 Å². The van der Waals surface area contributed by atoms with Crippen molar-refractivity contribution in [3.05, 3.63) is 91.7 Å². The van der Waals surface area contributed by atoms with Crippen LogP contribution in [-0.4, -0.2) is 21.2 Å². The highest BCUT2D eigenvalue weighted by Gasteiger charge is 2.26. The van der Waals surface area contributed by atoms with Gasteiger partial charge in [-0.25, -0.2) is 0 Å². The van der Waals surface area contributed by atoms with Gasteiger partial charge < -0.3 is 15.8 Å². The largest absolute Gasteiger partial charge is 0.438 e. The zero-order chi connectivity index (χ0) is 29.3. The molecular weight excluding hydrogens is 538 g/mol. The molecule has 0 unspecified atom stereocenters. The predicted molar refractivity (Wildman–Crippen MR) is 158 cm³/mol. The van der Waals surface area contributed by atoms with E-state index in [2.05, 4.69) is 31.1 Å². The molecule has 1 aromatic carbocycles. The number of aromatic nitrogens is 2. The predicted octanol–water partition coefficient (Wildman–Crippen LogP) is 5.37. The summed E-state index contributed by atoms with van der Waals surface area (Å²) in [5.74, 6) is -1.01. The summed E-state index contributed by atoms with van der Waals surface area (Å²) < 4.78 is 7.36. The number of nitriles is 1. The summed E-state index contributed by atoms with van der Waals surface area (Å²) in [5, 5.41) is 12.9. The van der Waals surface area contributed by atoms with Crippen LogP contribution in [0.2, 0.25) is 0 Å². The molecule has 208 valence electrons. The molecule has 4 aromatic rings. The molecule has 0 spiro atoms. The van der Waals surface area contributed by atoms with Gasteiger partial charge in [-0.05, 0) is 72.6 Å². The lowest BCUT2D eigenvalue weighted by molar-refractivity contribution is -0.112. The van der Waals surface area contributed by atoms with Crippen molar-refractivity contribution in [1.82, 2.24) is 9.38 Å². The van der Waals surface area contributed by atoms with Crippen LogP contribution in [0.3, 0.4) is 0 Å². The molecule has 5 rings (SSSR count). The minimum absolute atomic E-state index is 0.0466. The lowest BCUT2D eigenvalue weighted by Gasteiger charge is -2.19. The Morgan fingerprint density at radius 3 is 2.56 bits per heavy atom. The van der Waals surface area contributed by atoms with E-state index in [9.17, 15) is 19.6 Å². The van der Waals surface area contributed by atoms with E-state index in [0.29, 0.717) is 22.8 Å². The van der Waals surface area contributed by atoms with Crippen molar-refractivity contribution in [1.29, 1.82) is 5.26 Å². The molecule has 10 heteroatoms. The molecule has 41 heavy (non-hydrogen) atoms. The van der Waals surface area contributed by atoms with Crippen molar-refractivity contribution in [3.63, 3.8) is 0 Å². The van der Waals surface area contributed by atoms with Crippen molar-refractivity contribution >= 4 is 39.9 Å². The third-order valence-electron chi connectivity index (χ3n) is 6.97. The van der Waals surface area contributed by atoms with E-state index in [-0.39, 0.29) is 28.0 Å². The van der Waals surface area contributed by atoms with Crippen LogP contribution < -0.4 is 21.3 Å². The van der Waals surface area contributed by atoms with Crippen LogP contribution in [0.15, 0.2) is 59.0 Å². The number of ether oxygens (including phenoxy) is 1.